The minimum absolute atomic E-state index is 0.102. The minimum Gasteiger partial charge on any atom is -0.331 e. The van der Waals surface area contributed by atoms with Crippen LogP contribution in [0.4, 0.5) is 4.39 Å². The number of benzene rings is 1. The first-order valence-electron chi connectivity index (χ1n) is 10.8. The predicted molar refractivity (Wildman–Crippen MR) is 110 cm³/mol. The zero-order valence-electron chi connectivity index (χ0n) is 16.9. The molecule has 1 aromatic carbocycles. The average molecular weight is 394 g/mol. The number of amides is 1. The van der Waals surface area contributed by atoms with Gasteiger partial charge in [-0.2, -0.15) is 0 Å². The summed E-state index contributed by atoms with van der Waals surface area (Å²) in [6, 6.07) is 11.5. The second-order valence-electron chi connectivity index (χ2n) is 9.14. The van der Waals surface area contributed by atoms with Gasteiger partial charge in [-0.05, 0) is 43.0 Å². The van der Waals surface area contributed by atoms with Crippen molar-refractivity contribution in [2.75, 3.05) is 6.54 Å². The van der Waals surface area contributed by atoms with Crippen LogP contribution in [0, 0.1) is 11.2 Å². The summed E-state index contributed by atoms with van der Waals surface area (Å²) in [5, 5.41) is 3.73. The van der Waals surface area contributed by atoms with Gasteiger partial charge in [0.25, 0.3) is 5.91 Å². The van der Waals surface area contributed by atoms with E-state index >= 15 is 0 Å². The highest BCUT2D eigenvalue weighted by Crippen LogP contribution is 2.50. The van der Waals surface area contributed by atoms with E-state index < -0.39 is 0 Å². The van der Waals surface area contributed by atoms with Crippen molar-refractivity contribution >= 4 is 5.91 Å². The van der Waals surface area contributed by atoms with E-state index in [1.807, 2.05) is 12.1 Å². The Morgan fingerprint density at radius 2 is 2.10 bits per heavy atom. The van der Waals surface area contributed by atoms with E-state index in [9.17, 15) is 9.18 Å². The van der Waals surface area contributed by atoms with Crippen LogP contribution in [0.25, 0.3) is 0 Å². The molecular formula is C24H28FN3O. The molecule has 152 valence electrons. The van der Waals surface area contributed by atoms with Crippen molar-refractivity contribution in [3.05, 3.63) is 65.2 Å². The van der Waals surface area contributed by atoms with Gasteiger partial charge in [0.15, 0.2) is 0 Å². The SMILES string of the molecule is C[C@@]12C[C@H]3CN[C@@H]1CCCC[C@@H]2N3C(=O)c1ccnc(Cc2ccccc2F)c1. The summed E-state index contributed by atoms with van der Waals surface area (Å²) >= 11 is 0. The van der Waals surface area contributed by atoms with E-state index in [0.717, 1.165) is 25.1 Å². The fourth-order valence-corrected chi connectivity index (χ4v) is 5.96. The van der Waals surface area contributed by atoms with E-state index in [1.54, 1.807) is 24.4 Å². The summed E-state index contributed by atoms with van der Waals surface area (Å²) in [5.74, 6) is -0.131. The molecule has 2 aromatic rings. The molecule has 0 unspecified atom stereocenters. The number of rotatable bonds is 3. The Morgan fingerprint density at radius 1 is 1.28 bits per heavy atom. The van der Waals surface area contributed by atoms with Crippen molar-refractivity contribution in [2.24, 2.45) is 5.41 Å². The molecule has 5 heteroatoms. The standard InChI is InChI=1S/C24H28FN3O/c1-24-14-19-15-27-21(24)8-4-5-9-22(24)28(19)23(29)17-10-11-26-18(13-17)12-16-6-2-3-7-20(16)25/h2-3,6-7,10-11,13,19,21-22,27H,4-5,8-9,12,14-15H2,1H3/t19-,21+,22-,24+/m0/s1. The molecule has 4 atom stereocenters. The number of pyridine rings is 1. The van der Waals surface area contributed by atoms with E-state index in [4.69, 9.17) is 0 Å². The van der Waals surface area contributed by atoms with Crippen molar-refractivity contribution in [2.45, 2.75) is 63.6 Å². The fraction of sp³-hybridized carbons (Fsp3) is 0.500. The van der Waals surface area contributed by atoms with Crippen LogP contribution in [-0.2, 0) is 6.42 Å². The zero-order chi connectivity index (χ0) is 20.0. The summed E-state index contributed by atoms with van der Waals surface area (Å²) < 4.78 is 14.0. The van der Waals surface area contributed by atoms with Crippen molar-refractivity contribution in [1.29, 1.82) is 0 Å². The second kappa shape index (κ2) is 7.21. The molecular weight excluding hydrogens is 365 g/mol. The molecule has 3 fully saturated rings. The molecule has 4 nitrogen and oxygen atoms in total. The Kier molecular flexibility index (Phi) is 4.66. The highest BCUT2D eigenvalue weighted by Gasteiger charge is 2.57. The fourth-order valence-electron chi connectivity index (χ4n) is 5.96. The largest absolute Gasteiger partial charge is 0.331 e. The van der Waals surface area contributed by atoms with Gasteiger partial charge in [-0.3, -0.25) is 9.78 Å². The normalized spacial score (nSPS) is 30.8. The quantitative estimate of drug-likeness (QED) is 0.859. The molecule has 3 heterocycles. The van der Waals surface area contributed by atoms with Gasteiger partial charge in [0.05, 0.1) is 0 Å². The Bertz CT molecular complexity index is 932. The van der Waals surface area contributed by atoms with Gasteiger partial charge < -0.3 is 10.2 Å². The maximum atomic E-state index is 14.0. The van der Waals surface area contributed by atoms with Gasteiger partial charge in [0, 0.05) is 54.0 Å². The lowest BCUT2D eigenvalue weighted by atomic mass is 9.72. The smallest absolute Gasteiger partial charge is 0.254 e. The Labute approximate surface area is 171 Å². The number of piperidine rings is 1. The Morgan fingerprint density at radius 3 is 2.97 bits per heavy atom. The van der Waals surface area contributed by atoms with Gasteiger partial charge >= 0.3 is 0 Å². The summed E-state index contributed by atoms with van der Waals surface area (Å²) in [7, 11) is 0. The number of nitrogens with zero attached hydrogens (tertiary/aromatic N) is 2. The third-order valence-electron chi connectivity index (χ3n) is 7.41. The van der Waals surface area contributed by atoms with Crippen molar-refractivity contribution in [3.8, 4) is 0 Å². The molecule has 1 aliphatic carbocycles. The highest BCUT2D eigenvalue weighted by molar-refractivity contribution is 5.95. The molecule has 2 bridgehead atoms. The van der Waals surface area contributed by atoms with Crippen molar-refractivity contribution in [3.63, 3.8) is 0 Å². The number of hydrogen-bond acceptors (Lipinski definition) is 3. The highest BCUT2D eigenvalue weighted by atomic mass is 19.1. The van der Waals surface area contributed by atoms with Crippen LogP contribution < -0.4 is 5.32 Å². The third-order valence-corrected chi connectivity index (χ3v) is 7.41. The summed E-state index contributed by atoms with van der Waals surface area (Å²) in [5.41, 5.74) is 2.16. The van der Waals surface area contributed by atoms with Crippen LogP contribution in [0.2, 0.25) is 0 Å². The minimum atomic E-state index is -0.233. The molecule has 0 radical (unpaired) electrons. The molecule has 1 aromatic heterocycles. The van der Waals surface area contributed by atoms with E-state index in [-0.39, 0.29) is 23.2 Å². The van der Waals surface area contributed by atoms with E-state index in [1.165, 1.54) is 25.3 Å². The number of fused-ring (bicyclic) bond motifs is 1. The Balaban J connectivity index is 1.43. The van der Waals surface area contributed by atoms with Gasteiger partial charge in [0.1, 0.15) is 5.82 Å². The lowest BCUT2D eigenvalue weighted by Gasteiger charge is -2.39. The monoisotopic (exact) mass is 393 g/mol. The van der Waals surface area contributed by atoms with Gasteiger partial charge in [0.2, 0.25) is 0 Å². The molecule has 29 heavy (non-hydrogen) atoms. The summed E-state index contributed by atoms with van der Waals surface area (Å²) in [4.78, 5) is 20.2. The maximum Gasteiger partial charge on any atom is 0.254 e. The second-order valence-corrected chi connectivity index (χ2v) is 9.14. The van der Waals surface area contributed by atoms with E-state index in [2.05, 4.69) is 22.1 Å². The number of nitrogens with one attached hydrogen (secondary N) is 1. The average Bonchev–Trinajstić information content (AvgIpc) is 2.83. The number of carbonyl (C=O) groups is 1. The first-order valence-corrected chi connectivity index (χ1v) is 10.8. The molecule has 1 saturated carbocycles. The molecule has 1 amide bonds. The van der Waals surface area contributed by atoms with Gasteiger partial charge in [-0.25, -0.2) is 4.39 Å². The van der Waals surface area contributed by atoms with Crippen LogP contribution in [0.5, 0.6) is 0 Å². The molecule has 3 aliphatic rings. The van der Waals surface area contributed by atoms with Crippen LogP contribution in [-0.4, -0.2) is 40.5 Å². The number of likely N-dealkylation sites (tertiary alicyclic amines) is 1. The summed E-state index contributed by atoms with van der Waals surface area (Å²) in [6.07, 6.45) is 7.88. The predicted octanol–water partition coefficient (Wildman–Crippen LogP) is 3.95. The van der Waals surface area contributed by atoms with Crippen LogP contribution in [0.3, 0.4) is 0 Å². The molecule has 1 N–H and O–H groups in total. The van der Waals surface area contributed by atoms with Crippen LogP contribution >= 0.6 is 0 Å². The first-order chi connectivity index (χ1) is 14.1. The topological polar surface area (TPSA) is 45.2 Å². The van der Waals surface area contributed by atoms with Crippen molar-refractivity contribution in [1.82, 2.24) is 15.2 Å². The summed E-state index contributed by atoms with van der Waals surface area (Å²) in [6.45, 7) is 3.26. The maximum absolute atomic E-state index is 14.0. The number of hydrogen-bond donors (Lipinski definition) is 1. The first kappa shape index (κ1) is 18.7. The zero-order valence-corrected chi connectivity index (χ0v) is 16.9. The number of carbonyl (C=O) groups excluding carboxylic acids is 1. The molecule has 0 spiro atoms. The van der Waals surface area contributed by atoms with Crippen LogP contribution in [0.15, 0.2) is 42.6 Å². The lowest BCUT2D eigenvalue weighted by Crippen LogP contribution is -2.51. The molecule has 2 saturated heterocycles. The molecule has 5 rings (SSSR count). The molecule has 2 aliphatic heterocycles. The number of aromatic nitrogens is 1. The van der Waals surface area contributed by atoms with Gasteiger partial charge in [-0.15, -0.1) is 0 Å². The number of halogens is 1. The Hall–Kier alpha value is -2.27. The van der Waals surface area contributed by atoms with Crippen LogP contribution in [0.1, 0.15) is 60.6 Å². The van der Waals surface area contributed by atoms with E-state index in [0.29, 0.717) is 29.6 Å². The third kappa shape index (κ3) is 3.16. The van der Waals surface area contributed by atoms with Gasteiger partial charge in [-0.1, -0.05) is 38.0 Å². The van der Waals surface area contributed by atoms with Crippen molar-refractivity contribution < 1.29 is 9.18 Å². The lowest BCUT2D eigenvalue weighted by molar-refractivity contribution is 0.0628.